The van der Waals surface area contributed by atoms with Gasteiger partial charge >= 0.3 is 0 Å². The lowest BCUT2D eigenvalue weighted by Gasteiger charge is -2.20. The van der Waals surface area contributed by atoms with Crippen LogP contribution < -0.4 is 0 Å². The Morgan fingerprint density at radius 3 is 2.38 bits per heavy atom. The fourth-order valence-electron chi connectivity index (χ4n) is 1.87. The molecule has 0 heterocycles. The highest BCUT2D eigenvalue weighted by Gasteiger charge is 2.49. The van der Waals surface area contributed by atoms with Gasteiger partial charge in [-0.3, -0.25) is 0 Å². The number of halogens is 1. The zero-order valence-electron chi connectivity index (χ0n) is 7.41. The smallest absolute Gasteiger partial charge is 0.0733 e. The lowest BCUT2D eigenvalue weighted by atomic mass is 9.91. The van der Waals surface area contributed by atoms with E-state index < -0.39 is 0 Å². The predicted molar refractivity (Wildman–Crippen MR) is 57.2 cm³/mol. The van der Waals surface area contributed by atoms with Crippen LogP contribution in [0.3, 0.4) is 0 Å². The zero-order chi connectivity index (χ0) is 9.31. The summed E-state index contributed by atoms with van der Waals surface area (Å²) in [6.07, 6.45) is 1.99. The summed E-state index contributed by atoms with van der Waals surface area (Å²) in [6.45, 7) is 0. The van der Waals surface area contributed by atoms with Crippen LogP contribution in [-0.4, -0.2) is 16.5 Å². The molecule has 1 aliphatic carbocycles. The molecular formula is C11H13BrO. The normalized spacial score (nSPS) is 21.1. The van der Waals surface area contributed by atoms with Crippen molar-refractivity contribution in [2.45, 2.75) is 24.4 Å². The monoisotopic (exact) mass is 240 g/mol. The van der Waals surface area contributed by atoms with Crippen LogP contribution in [-0.2, 0) is 5.41 Å². The minimum atomic E-state index is -0.241. The molecule has 0 saturated heterocycles. The largest absolute Gasteiger partial charge is 0.391 e. The van der Waals surface area contributed by atoms with Gasteiger partial charge in [-0.15, -0.1) is 0 Å². The van der Waals surface area contributed by atoms with Gasteiger partial charge in [0.1, 0.15) is 0 Å². The molecule has 13 heavy (non-hydrogen) atoms. The Bertz CT molecular complexity index is 279. The molecule has 1 N–H and O–H groups in total. The van der Waals surface area contributed by atoms with Crippen molar-refractivity contribution < 1.29 is 5.11 Å². The first-order valence-corrected chi connectivity index (χ1v) is 5.71. The highest BCUT2D eigenvalue weighted by molar-refractivity contribution is 9.09. The van der Waals surface area contributed by atoms with Crippen molar-refractivity contribution >= 4 is 15.9 Å². The Kier molecular flexibility index (Phi) is 2.43. The molecule has 1 saturated carbocycles. The van der Waals surface area contributed by atoms with Gasteiger partial charge in [-0.2, -0.15) is 0 Å². The van der Waals surface area contributed by atoms with Crippen LogP contribution in [0.4, 0.5) is 0 Å². The third-order valence-electron chi connectivity index (χ3n) is 2.92. The number of hydrogen-bond donors (Lipinski definition) is 1. The molecule has 0 amide bonds. The van der Waals surface area contributed by atoms with E-state index in [-0.39, 0.29) is 11.5 Å². The van der Waals surface area contributed by atoms with Gasteiger partial charge in [-0.05, 0) is 18.4 Å². The topological polar surface area (TPSA) is 20.2 Å². The average Bonchev–Trinajstić information content (AvgIpc) is 2.99. The first-order valence-electron chi connectivity index (χ1n) is 4.59. The summed E-state index contributed by atoms with van der Waals surface area (Å²) >= 11 is 3.34. The summed E-state index contributed by atoms with van der Waals surface area (Å²) in [5.41, 5.74) is 1.34. The zero-order valence-corrected chi connectivity index (χ0v) is 9.00. The van der Waals surface area contributed by atoms with Crippen LogP contribution in [0.25, 0.3) is 0 Å². The van der Waals surface area contributed by atoms with Crippen molar-refractivity contribution in [2.24, 2.45) is 0 Å². The van der Waals surface area contributed by atoms with Crippen LogP contribution in [0.5, 0.6) is 0 Å². The molecular weight excluding hydrogens is 228 g/mol. The molecule has 0 aliphatic heterocycles. The van der Waals surface area contributed by atoms with E-state index in [0.717, 1.165) is 12.8 Å². The van der Waals surface area contributed by atoms with E-state index in [1.54, 1.807) is 0 Å². The van der Waals surface area contributed by atoms with Crippen LogP contribution >= 0.6 is 15.9 Å². The second-order valence-electron chi connectivity index (χ2n) is 3.69. The molecule has 1 aromatic rings. The van der Waals surface area contributed by atoms with Gasteiger partial charge in [-0.25, -0.2) is 0 Å². The lowest BCUT2D eigenvalue weighted by Crippen LogP contribution is -2.27. The van der Waals surface area contributed by atoms with Crippen LogP contribution in [0, 0.1) is 0 Å². The van der Waals surface area contributed by atoms with Crippen LogP contribution in [0.1, 0.15) is 18.4 Å². The van der Waals surface area contributed by atoms with Crippen LogP contribution in [0.2, 0.25) is 0 Å². The number of benzene rings is 1. The maximum atomic E-state index is 9.85. The standard InChI is InChI=1S/C11H13BrO/c12-8-10(13)11(6-7-11)9-4-2-1-3-5-9/h1-5,10,13H,6-8H2. The van der Waals surface area contributed by atoms with Gasteiger partial charge in [0.15, 0.2) is 0 Å². The van der Waals surface area contributed by atoms with Gasteiger partial charge in [0, 0.05) is 10.7 Å². The molecule has 1 aliphatic rings. The summed E-state index contributed by atoms with van der Waals surface area (Å²) in [4.78, 5) is 0. The Morgan fingerprint density at radius 2 is 1.92 bits per heavy atom. The van der Waals surface area contributed by atoms with E-state index in [4.69, 9.17) is 0 Å². The summed E-state index contributed by atoms with van der Waals surface area (Å²) in [5.74, 6) is 0. The first-order chi connectivity index (χ1) is 6.29. The van der Waals surface area contributed by atoms with Gasteiger partial charge < -0.3 is 5.11 Å². The van der Waals surface area contributed by atoms with E-state index in [9.17, 15) is 5.11 Å². The number of rotatable bonds is 3. The van der Waals surface area contributed by atoms with Gasteiger partial charge in [-0.1, -0.05) is 46.3 Å². The van der Waals surface area contributed by atoms with Crippen molar-refractivity contribution in [3.05, 3.63) is 35.9 Å². The molecule has 0 bridgehead atoms. The van der Waals surface area contributed by atoms with E-state index in [2.05, 4.69) is 28.1 Å². The SMILES string of the molecule is OC(CBr)C1(c2ccccc2)CC1. The third-order valence-corrected chi connectivity index (χ3v) is 3.53. The van der Waals surface area contributed by atoms with Crippen molar-refractivity contribution in [1.82, 2.24) is 0 Å². The van der Waals surface area contributed by atoms with E-state index in [1.807, 2.05) is 18.2 Å². The molecule has 1 nitrogen and oxygen atoms in total. The van der Waals surface area contributed by atoms with E-state index in [1.165, 1.54) is 5.56 Å². The minimum Gasteiger partial charge on any atom is -0.391 e. The number of alkyl halides is 1. The number of aliphatic hydroxyl groups excluding tert-OH is 1. The Labute approximate surface area is 86.9 Å². The molecule has 2 heteroatoms. The summed E-state index contributed by atoms with van der Waals surface area (Å²) in [5, 5.41) is 10.5. The Hall–Kier alpha value is -0.340. The highest BCUT2D eigenvalue weighted by atomic mass is 79.9. The van der Waals surface area contributed by atoms with Gasteiger partial charge in [0.25, 0.3) is 0 Å². The molecule has 0 aromatic heterocycles. The molecule has 0 spiro atoms. The number of aliphatic hydroxyl groups is 1. The molecule has 1 unspecified atom stereocenters. The Morgan fingerprint density at radius 1 is 1.31 bits per heavy atom. The van der Waals surface area contributed by atoms with Crippen LogP contribution in [0.15, 0.2) is 30.3 Å². The van der Waals surface area contributed by atoms with Crippen molar-refractivity contribution in [3.63, 3.8) is 0 Å². The quantitative estimate of drug-likeness (QED) is 0.806. The van der Waals surface area contributed by atoms with Gasteiger partial charge in [0.2, 0.25) is 0 Å². The first kappa shape index (κ1) is 9.22. The van der Waals surface area contributed by atoms with Crippen molar-refractivity contribution in [3.8, 4) is 0 Å². The predicted octanol–water partition coefficient (Wildman–Crippen LogP) is 2.47. The molecule has 2 rings (SSSR count). The second kappa shape index (κ2) is 3.43. The van der Waals surface area contributed by atoms with Crippen molar-refractivity contribution in [1.29, 1.82) is 0 Å². The molecule has 1 fully saturated rings. The second-order valence-corrected chi connectivity index (χ2v) is 4.34. The lowest BCUT2D eigenvalue weighted by molar-refractivity contribution is 0.156. The summed E-state index contributed by atoms with van der Waals surface area (Å²) in [7, 11) is 0. The molecule has 1 atom stereocenters. The van der Waals surface area contributed by atoms with Crippen molar-refractivity contribution in [2.75, 3.05) is 5.33 Å². The van der Waals surface area contributed by atoms with E-state index in [0.29, 0.717) is 5.33 Å². The Balaban J connectivity index is 2.26. The molecule has 70 valence electrons. The fourth-order valence-corrected chi connectivity index (χ4v) is 2.49. The molecule has 1 aromatic carbocycles. The summed E-state index contributed by atoms with van der Waals surface area (Å²) < 4.78 is 0. The maximum absolute atomic E-state index is 9.85. The third kappa shape index (κ3) is 1.53. The highest BCUT2D eigenvalue weighted by Crippen LogP contribution is 2.51. The molecule has 0 radical (unpaired) electrons. The van der Waals surface area contributed by atoms with E-state index >= 15 is 0 Å². The number of hydrogen-bond acceptors (Lipinski definition) is 1. The average molecular weight is 241 g/mol. The van der Waals surface area contributed by atoms with Gasteiger partial charge in [0.05, 0.1) is 6.10 Å². The minimum absolute atomic E-state index is 0.0603. The fraction of sp³-hybridized carbons (Fsp3) is 0.455. The summed E-state index contributed by atoms with van der Waals surface area (Å²) in [6, 6.07) is 10.3. The maximum Gasteiger partial charge on any atom is 0.0733 e.